The SMILES string of the molecule is C[C@H](N)c1ccc(Sc2ccc(Cl)cc2)c(F)c1. The van der Waals surface area contributed by atoms with Crippen LogP contribution in [0.2, 0.25) is 5.02 Å². The van der Waals surface area contributed by atoms with Crippen molar-refractivity contribution in [1.29, 1.82) is 0 Å². The number of hydrogen-bond donors (Lipinski definition) is 1. The van der Waals surface area contributed by atoms with Crippen molar-refractivity contribution in [3.8, 4) is 0 Å². The van der Waals surface area contributed by atoms with Gasteiger partial charge in [-0.15, -0.1) is 0 Å². The zero-order chi connectivity index (χ0) is 13.1. The van der Waals surface area contributed by atoms with Crippen LogP contribution < -0.4 is 5.73 Å². The Morgan fingerprint density at radius 3 is 2.39 bits per heavy atom. The number of nitrogens with two attached hydrogens (primary N) is 1. The minimum Gasteiger partial charge on any atom is -0.324 e. The van der Waals surface area contributed by atoms with Crippen LogP contribution in [0.25, 0.3) is 0 Å². The molecule has 0 aromatic heterocycles. The lowest BCUT2D eigenvalue weighted by Gasteiger charge is -2.08. The average molecular weight is 282 g/mol. The van der Waals surface area contributed by atoms with Crippen LogP contribution in [0.1, 0.15) is 18.5 Å². The van der Waals surface area contributed by atoms with Crippen molar-refractivity contribution in [2.45, 2.75) is 22.8 Å². The van der Waals surface area contributed by atoms with E-state index < -0.39 is 0 Å². The van der Waals surface area contributed by atoms with Crippen molar-refractivity contribution in [3.05, 3.63) is 58.9 Å². The Bertz CT molecular complexity index is 540. The van der Waals surface area contributed by atoms with Crippen LogP contribution in [0, 0.1) is 5.82 Å². The number of hydrogen-bond acceptors (Lipinski definition) is 2. The van der Waals surface area contributed by atoms with Gasteiger partial charge in [-0.3, -0.25) is 0 Å². The molecule has 0 aliphatic rings. The molecule has 0 unspecified atom stereocenters. The Kier molecular flexibility index (Phi) is 4.27. The van der Waals surface area contributed by atoms with E-state index in [1.165, 1.54) is 17.8 Å². The highest BCUT2D eigenvalue weighted by atomic mass is 35.5. The van der Waals surface area contributed by atoms with Crippen molar-refractivity contribution in [2.24, 2.45) is 5.73 Å². The topological polar surface area (TPSA) is 26.0 Å². The Balaban J connectivity index is 2.22. The molecular weight excluding hydrogens is 269 g/mol. The molecule has 0 saturated carbocycles. The Morgan fingerprint density at radius 2 is 1.83 bits per heavy atom. The van der Waals surface area contributed by atoms with Gasteiger partial charge in [0.05, 0.1) is 0 Å². The van der Waals surface area contributed by atoms with Crippen LogP contribution in [0.15, 0.2) is 52.3 Å². The summed E-state index contributed by atoms with van der Waals surface area (Å²) in [5.41, 5.74) is 6.51. The van der Waals surface area contributed by atoms with Crippen LogP contribution in [-0.4, -0.2) is 0 Å². The highest BCUT2D eigenvalue weighted by molar-refractivity contribution is 7.99. The molecule has 0 aliphatic heterocycles. The van der Waals surface area contributed by atoms with Crippen LogP contribution >= 0.6 is 23.4 Å². The van der Waals surface area contributed by atoms with Gasteiger partial charge in [-0.05, 0) is 48.9 Å². The van der Waals surface area contributed by atoms with Gasteiger partial charge in [0.2, 0.25) is 0 Å². The summed E-state index contributed by atoms with van der Waals surface area (Å²) in [7, 11) is 0. The monoisotopic (exact) mass is 281 g/mol. The summed E-state index contributed by atoms with van der Waals surface area (Å²) in [4.78, 5) is 1.54. The molecule has 2 aromatic carbocycles. The Labute approximate surface area is 115 Å². The zero-order valence-corrected chi connectivity index (χ0v) is 11.4. The summed E-state index contributed by atoms with van der Waals surface area (Å²) in [5.74, 6) is -0.246. The second-order valence-electron chi connectivity index (χ2n) is 4.03. The second-order valence-corrected chi connectivity index (χ2v) is 5.59. The predicted molar refractivity (Wildman–Crippen MR) is 74.6 cm³/mol. The molecule has 0 aliphatic carbocycles. The summed E-state index contributed by atoms with van der Waals surface area (Å²) in [6, 6.07) is 12.3. The molecule has 0 radical (unpaired) electrons. The van der Waals surface area contributed by atoms with E-state index in [4.69, 9.17) is 17.3 Å². The van der Waals surface area contributed by atoms with Crippen molar-refractivity contribution < 1.29 is 4.39 Å². The van der Waals surface area contributed by atoms with Crippen molar-refractivity contribution in [3.63, 3.8) is 0 Å². The third-order valence-electron chi connectivity index (χ3n) is 2.52. The maximum atomic E-state index is 13.9. The fourth-order valence-corrected chi connectivity index (χ4v) is 2.46. The van der Waals surface area contributed by atoms with E-state index in [0.717, 1.165) is 10.5 Å². The normalized spacial score (nSPS) is 12.4. The van der Waals surface area contributed by atoms with Gasteiger partial charge in [0.15, 0.2) is 0 Å². The van der Waals surface area contributed by atoms with Crippen LogP contribution in [0.4, 0.5) is 4.39 Å². The van der Waals surface area contributed by atoms with E-state index in [1.54, 1.807) is 18.2 Å². The second kappa shape index (κ2) is 5.74. The predicted octanol–water partition coefficient (Wildman–Crippen LogP) is 4.65. The molecule has 18 heavy (non-hydrogen) atoms. The highest BCUT2D eigenvalue weighted by Crippen LogP contribution is 2.31. The molecule has 4 heteroatoms. The number of halogens is 2. The molecule has 0 amide bonds. The Hall–Kier alpha value is -1.03. The van der Waals surface area contributed by atoms with Gasteiger partial charge in [0.1, 0.15) is 5.82 Å². The van der Waals surface area contributed by atoms with Crippen molar-refractivity contribution in [1.82, 2.24) is 0 Å². The third kappa shape index (κ3) is 3.25. The first-order valence-corrected chi connectivity index (χ1v) is 6.74. The minimum absolute atomic E-state index is 0.158. The summed E-state index contributed by atoms with van der Waals surface area (Å²) < 4.78 is 13.9. The zero-order valence-electron chi connectivity index (χ0n) is 9.86. The van der Waals surface area contributed by atoms with E-state index in [0.29, 0.717) is 9.92 Å². The molecule has 2 N–H and O–H groups in total. The van der Waals surface area contributed by atoms with Gasteiger partial charge in [0, 0.05) is 20.9 Å². The van der Waals surface area contributed by atoms with Gasteiger partial charge in [-0.1, -0.05) is 29.4 Å². The molecule has 1 nitrogen and oxygen atoms in total. The minimum atomic E-state index is -0.246. The van der Waals surface area contributed by atoms with Crippen LogP contribution in [0.5, 0.6) is 0 Å². The van der Waals surface area contributed by atoms with Gasteiger partial charge < -0.3 is 5.73 Å². The number of rotatable bonds is 3. The lowest BCUT2D eigenvalue weighted by atomic mass is 10.1. The molecule has 1 atom stereocenters. The van der Waals surface area contributed by atoms with E-state index in [9.17, 15) is 4.39 Å². The summed E-state index contributed by atoms with van der Waals surface area (Å²) in [5, 5.41) is 0.673. The largest absolute Gasteiger partial charge is 0.324 e. The van der Waals surface area contributed by atoms with Gasteiger partial charge in [-0.2, -0.15) is 0 Å². The molecule has 94 valence electrons. The summed E-state index contributed by atoms with van der Waals surface area (Å²) in [6.45, 7) is 1.83. The molecule has 2 aromatic rings. The highest BCUT2D eigenvalue weighted by Gasteiger charge is 2.07. The first-order chi connectivity index (χ1) is 8.56. The smallest absolute Gasteiger partial charge is 0.137 e. The summed E-state index contributed by atoms with van der Waals surface area (Å²) in [6.07, 6.45) is 0. The number of benzene rings is 2. The summed E-state index contributed by atoms with van der Waals surface area (Å²) >= 11 is 7.17. The fourth-order valence-electron chi connectivity index (χ4n) is 1.51. The lowest BCUT2D eigenvalue weighted by molar-refractivity contribution is 0.596. The van der Waals surface area contributed by atoms with Crippen LogP contribution in [-0.2, 0) is 0 Å². The van der Waals surface area contributed by atoms with Gasteiger partial charge >= 0.3 is 0 Å². The third-order valence-corrected chi connectivity index (χ3v) is 3.83. The maximum absolute atomic E-state index is 13.9. The molecule has 0 saturated heterocycles. The quantitative estimate of drug-likeness (QED) is 0.886. The van der Waals surface area contributed by atoms with Crippen LogP contribution in [0.3, 0.4) is 0 Å². The van der Waals surface area contributed by atoms with Crippen molar-refractivity contribution in [2.75, 3.05) is 0 Å². The molecule has 0 spiro atoms. The Morgan fingerprint density at radius 1 is 1.17 bits per heavy atom. The molecule has 0 heterocycles. The van der Waals surface area contributed by atoms with Gasteiger partial charge in [-0.25, -0.2) is 4.39 Å². The fraction of sp³-hybridized carbons (Fsp3) is 0.143. The maximum Gasteiger partial charge on any atom is 0.137 e. The first-order valence-electron chi connectivity index (χ1n) is 5.54. The average Bonchev–Trinajstić information content (AvgIpc) is 2.34. The molecule has 2 rings (SSSR count). The van der Waals surface area contributed by atoms with E-state index in [-0.39, 0.29) is 11.9 Å². The van der Waals surface area contributed by atoms with Crippen molar-refractivity contribution >= 4 is 23.4 Å². The molecule has 0 bridgehead atoms. The van der Waals surface area contributed by atoms with E-state index >= 15 is 0 Å². The van der Waals surface area contributed by atoms with Gasteiger partial charge in [0.25, 0.3) is 0 Å². The molecular formula is C14H13ClFNS. The first kappa shape index (κ1) is 13.4. The molecule has 0 fully saturated rings. The van der Waals surface area contributed by atoms with E-state index in [2.05, 4.69) is 0 Å². The lowest BCUT2D eigenvalue weighted by Crippen LogP contribution is -2.05. The standard InChI is InChI=1S/C14H13ClFNS/c1-9(17)10-2-7-14(13(16)8-10)18-12-5-3-11(15)4-6-12/h2-9H,17H2,1H3/t9-/m0/s1. The van der Waals surface area contributed by atoms with E-state index in [1.807, 2.05) is 25.1 Å².